The Morgan fingerprint density at radius 1 is 1.04 bits per heavy atom. The van der Waals surface area contributed by atoms with Crippen LogP contribution < -0.4 is 0 Å². The van der Waals surface area contributed by atoms with Gasteiger partial charge in [-0.15, -0.1) is 6.58 Å². The first-order valence-electron chi connectivity index (χ1n) is 8.81. The van der Waals surface area contributed by atoms with Crippen LogP contribution in [0.4, 0.5) is 4.39 Å². The minimum atomic E-state index is -3.70. The molecule has 0 atom stereocenters. The first kappa shape index (κ1) is 19.5. The number of amides is 2. The third kappa shape index (κ3) is 3.89. The van der Waals surface area contributed by atoms with Crippen LogP contribution in [0.5, 0.6) is 0 Å². The zero-order valence-electron chi connectivity index (χ0n) is 14.9. The molecule has 1 aromatic carbocycles. The van der Waals surface area contributed by atoms with E-state index in [1.807, 2.05) is 0 Å². The van der Waals surface area contributed by atoms with Crippen LogP contribution in [0.1, 0.15) is 12.8 Å². The Morgan fingerprint density at radius 3 is 2.26 bits per heavy atom. The number of piperazine rings is 1. The fraction of sp³-hybridized carbons (Fsp3) is 0.444. The molecule has 2 saturated heterocycles. The van der Waals surface area contributed by atoms with Gasteiger partial charge in [-0.2, -0.15) is 4.31 Å². The van der Waals surface area contributed by atoms with Gasteiger partial charge in [0.2, 0.25) is 10.0 Å². The van der Waals surface area contributed by atoms with Crippen LogP contribution in [-0.2, 0) is 19.6 Å². The van der Waals surface area contributed by atoms with Crippen molar-refractivity contribution in [3.8, 4) is 0 Å². The first-order valence-corrected chi connectivity index (χ1v) is 10.2. The summed E-state index contributed by atoms with van der Waals surface area (Å²) in [5.41, 5.74) is 0. The Balaban J connectivity index is 1.63. The summed E-state index contributed by atoms with van der Waals surface area (Å²) in [7, 11) is -3.70. The minimum Gasteiger partial charge on any atom is -0.330 e. The SMILES string of the molecule is C=CCN1CCN(C2CCN(S(=O)(=O)c3ccc(F)cc3)CC2)C(=O)C1=O. The standard InChI is InChI=1S/C18H22FN3O4S/c1-2-9-20-12-13-22(18(24)17(20)23)15-7-10-21(11-8-15)27(25,26)16-5-3-14(19)4-6-16/h2-6,15H,1,7-13H2. The summed E-state index contributed by atoms with van der Waals surface area (Å²) in [6.07, 6.45) is 2.50. The van der Waals surface area contributed by atoms with Gasteiger partial charge in [0.25, 0.3) is 0 Å². The molecule has 0 aromatic heterocycles. The van der Waals surface area contributed by atoms with Crippen LogP contribution in [0.25, 0.3) is 0 Å². The van der Waals surface area contributed by atoms with Gasteiger partial charge >= 0.3 is 11.8 Å². The number of hydrogen-bond acceptors (Lipinski definition) is 4. The number of rotatable bonds is 5. The summed E-state index contributed by atoms with van der Waals surface area (Å²) in [5.74, 6) is -1.57. The molecule has 2 heterocycles. The van der Waals surface area contributed by atoms with Gasteiger partial charge < -0.3 is 9.80 Å². The molecule has 1 aromatic rings. The van der Waals surface area contributed by atoms with Gasteiger partial charge in [0.15, 0.2) is 0 Å². The Bertz CT molecular complexity index is 833. The van der Waals surface area contributed by atoms with E-state index in [9.17, 15) is 22.4 Å². The van der Waals surface area contributed by atoms with Gasteiger partial charge in [-0.3, -0.25) is 9.59 Å². The van der Waals surface area contributed by atoms with Crippen molar-refractivity contribution in [1.29, 1.82) is 0 Å². The molecule has 7 nitrogen and oxygen atoms in total. The van der Waals surface area contributed by atoms with E-state index in [-0.39, 0.29) is 24.0 Å². The molecular weight excluding hydrogens is 373 g/mol. The second kappa shape index (κ2) is 7.77. The van der Waals surface area contributed by atoms with Gasteiger partial charge in [0, 0.05) is 38.8 Å². The number of hydrogen-bond donors (Lipinski definition) is 0. The number of carbonyl (C=O) groups excluding carboxylic acids is 2. The fourth-order valence-corrected chi connectivity index (χ4v) is 4.99. The van der Waals surface area contributed by atoms with Crippen molar-refractivity contribution in [3.63, 3.8) is 0 Å². The summed E-state index contributed by atoms with van der Waals surface area (Å²) in [6, 6.07) is 4.57. The molecule has 0 radical (unpaired) electrons. The predicted molar refractivity (Wildman–Crippen MR) is 96.7 cm³/mol. The molecule has 0 aliphatic carbocycles. The van der Waals surface area contributed by atoms with Crippen molar-refractivity contribution in [2.24, 2.45) is 0 Å². The number of halogens is 1. The highest BCUT2D eigenvalue weighted by atomic mass is 32.2. The number of benzene rings is 1. The third-order valence-corrected chi connectivity index (χ3v) is 6.92. The van der Waals surface area contributed by atoms with E-state index in [1.54, 1.807) is 11.0 Å². The first-order chi connectivity index (χ1) is 12.8. The molecule has 2 fully saturated rings. The second-order valence-electron chi connectivity index (χ2n) is 6.63. The molecule has 0 saturated carbocycles. The molecule has 3 rings (SSSR count). The maximum absolute atomic E-state index is 13.0. The molecule has 0 unspecified atom stereocenters. The summed E-state index contributed by atoms with van der Waals surface area (Å²) >= 11 is 0. The van der Waals surface area contributed by atoms with Crippen LogP contribution in [-0.4, -0.2) is 73.1 Å². The molecule has 0 N–H and O–H groups in total. The Hall–Kier alpha value is -2.26. The number of piperidine rings is 1. The molecule has 0 spiro atoms. The number of nitrogens with zero attached hydrogens (tertiary/aromatic N) is 3. The van der Waals surface area contributed by atoms with Gasteiger partial charge in [-0.25, -0.2) is 12.8 Å². The van der Waals surface area contributed by atoms with Crippen molar-refractivity contribution < 1.29 is 22.4 Å². The van der Waals surface area contributed by atoms with Gasteiger partial charge in [0.1, 0.15) is 5.82 Å². The number of carbonyl (C=O) groups is 2. The number of sulfonamides is 1. The van der Waals surface area contributed by atoms with Crippen molar-refractivity contribution >= 4 is 21.8 Å². The molecule has 0 bridgehead atoms. The Kier molecular flexibility index (Phi) is 5.61. The van der Waals surface area contributed by atoms with Gasteiger partial charge in [-0.05, 0) is 37.1 Å². The van der Waals surface area contributed by atoms with Gasteiger partial charge in [0.05, 0.1) is 4.90 Å². The van der Waals surface area contributed by atoms with Crippen LogP contribution in [0.15, 0.2) is 41.8 Å². The predicted octanol–water partition coefficient (Wildman–Crippen LogP) is 0.836. The van der Waals surface area contributed by atoms with E-state index in [0.717, 1.165) is 12.1 Å². The highest BCUT2D eigenvalue weighted by molar-refractivity contribution is 7.89. The van der Waals surface area contributed by atoms with Crippen LogP contribution in [0.2, 0.25) is 0 Å². The zero-order valence-corrected chi connectivity index (χ0v) is 15.7. The minimum absolute atomic E-state index is 0.0478. The summed E-state index contributed by atoms with van der Waals surface area (Å²) in [4.78, 5) is 27.6. The van der Waals surface area contributed by atoms with E-state index in [4.69, 9.17) is 0 Å². The van der Waals surface area contributed by atoms with E-state index in [1.165, 1.54) is 21.3 Å². The van der Waals surface area contributed by atoms with Crippen LogP contribution in [0.3, 0.4) is 0 Å². The molecule has 2 aliphatic rings. The maximum Gasteiger partial charge on any atom is 0.312 e. The second-order valence-corrected chi connectivity index (χ2v) is 8.57. The van der Waals surface area contributed by atoms with E-state index in [0.29, 0.717) is 32.5 Å². The summed E-state index contributed by atoms with van der Waals surface area (Å²) in [5, 5.41) is 0. The fourth-order valence-electron chi connectivity index (χ4n) is 3.52. The lowest BCUT2D eigenvalue weighted by atomic mass is 10.0. The Labute approximate surface area is 158 Å². The Morgan fingerprint density at radius 2 is 1.67 bits per heavy atom. The quantitative estimate of drug-likeness (QED) is 0.547. The molecule has 9 heteroatoms. The molecule has 146 valence electrons. The zero-order chi connectivity index (χ0) is 19.6. The van der Waals surface area contributed by atoms with Crippen LogP contribution >= 0.6 is 0 Å². The van der Waals surface area contributed by atoms with Crippen molar-refractivity contribution in [1.82, 2.24) is 14.1 Å². The van der Waals surface area contributed by atoms with Crippen LogP contribution in [0, 0.1) is 5.82 Å². The maximum atomic E-state index is 13.0. The van der Waals surface area contributed by atoms with E-state index in [2.05, 4.69) is 6.58 Å². The topological polar surface area (TPSA) is 78.0 Å². The van der Waals surface area contributed by atoms with Crippen molar-refractivity contribution in [3.05, 3.63) is 42.7 Å². The molecule has 2 amide bonds. The lowest BCUT2D eigenvalue weighted by molar-refractivity contribution is -0.157. The lowest BCUT2D eigenvalue weighted by Crippen LogP contribution is -2.59. The monoisotopic (exact) mass is 395 g/mol. The molecular formula is C18H22FN3O4S. The van der Waals surface area contributed by atoms with E-state index >= 15 is 0 Å². The van der Waals surface area contributed by atoms with Crippen molar-refractivity contribution in [2.45, 2.75) is 23.8 Å². The molecule has 2 aliphatic heterocycles. The molecule has 27 heavy (non-hydrogen) atoms. The lowest BCUT2D eigenvalue weighted by Gasteiger charge is -2.41. The van der Waals surface area contributed by atoms with Gasteiger partial charge in [-0.1, -0.05) is 6.08 Å². The third-order valence-electron chi connectivity index (χ3n) is 5.01. The summed E-state index contributed by atoms with van der Waals surface area (Å²) in [6.45, 7) is 5.31. The average Bonchev–Trinajstić information content (AvgIpc) is 2.66. The highest BCUT2D eigenvalue weighted by Crippen LogP contribution is 2.24. The normalized spacial score (nSPS) is 20.2. The van der Waals surface area contributed by atoms with Crippen molar-refractivity contribution in [2.75, 3.05) is 32.7 Å². The summed E-state index contributed by atoms with van der Waals surface area (Å²) < 4.78 is 39.7. The highest BCUT2D eigenvalue weighted by Gasteiger charge is 2.38. The average molecular weight is 395 g/mol. The van der Waals surface area contributed by atoms with E-state index < -0.39 is 27.7 Å². The largest absolute Gasteiger partial charge is 0.330 e. The smallest absolute Gasteiger partial charge is 0.312 e.